The predicted molar refractivity (Wildman–Crippen MR) is 125 cm³/mol. The van der Waals surface area contributed by atoms with Crippen molar-refractivity contribution in [1.82, 2.24) is 16.0 Å². The minimum absolute atomic E-state index is 0.0778. The Labute approximate surface area is 197 Å². The maximum absolute atomic E-state index is 12.1. The fraction of sp³-hybridized carbons (Fsp3) is 0.360. The fourth-order valence-electron chi connectivity index (χ4n) is 3.94. The van der Waals surface area contributed by atoms with Crippen molar-refractivity contribution in [3.63, 3.8) is 0 Å². The van der Waals surface area contributed by atoms with Crippen LogP contribution in [0.5, 0.6) is 0 Å². The molecule has 1 unspecified atom stereocenters. The molecule has 0 saturated carbocycles. The average Bonchev–Trinajstić information content (AvgIpc) is 3.13. The summed E-state index contributed by atoms with van der Waals surface area (Å²) in [5, 5.41) is 16.3. The van der Waals surface area contributed by atoms with Crippen molar-refractivity contribution in [1.29, 1.82) is 0 Å². The van der Waals surface area contributed by atoms with Gasteiger partial charge in [0.1, 0.15) is 13.2 Å². The fourth-order valence-corrected chi connectivity index (χ4v) is 3.94. The molecule has 4 N–H and O–H groups in total. The van der Waals surface area contributed by atoms with Gasteiger partial charge in [0.05, 0.1) is 13.0 Å². The van der Waals surface area contributed by atoms with Crippen LogP contribution in [0.2, 0.25) is 0 Å². The topological polar surface area (TPSA) is 134 Å². The molecule has 3 amide bonds. The van der Waals surface area contributed by atoms with E-state index in [9.17, 15) is 19.2 Å². The van der Waals surface area contributed by atoms with Crippen molar-refractivity contribution in [2.24, 2.45) is 5.92 Å². The molecule has 34 heavy (non-hydrogen) atoms. The molecule has 0 bridgehead atoms. The lowest BCUT2D eigenvalue weighted by atomic mass is 9.98. The van der Waals surface area contributed by atoms with Crippen molar-refractivity contribution in [3.8, 4) is 11.1 Å². The number of amides is 3. The molecule has 3 rings (SSSR count). The van der Waals surface area contributed by atoms with Gasteiger partial charge in [-0.15, -0.1) is 0 Å². The van der Waals surface area contributed by atoms with Gasteiger partial charge in [-0.2, -0.15) is 0 Å². The monoisotopic (exact) mass is 467 g/mol. The number of carboxylic acid groups (broad SMARTS) is 1. The summed E-state index contributed by atoms with van der Waals surface area (Å²) in [6.45, 7) is 3.04. The zero-order valence-corrected chi connectivity index (χ0v) is 19.2. The van der Waals surface area contributed by atoms with Crippen LogP contribution in [0.4, 0.5) is 4.79 Å². The van der Waals surface area contributed by atoms with Crippen LogP contribution in [0.25, 0.3) is 11.1 Å². The maximum atomic E-state index is 12.1. The number of hydrogen-bond acceptors (Lipinski definition) is 5. The van der Waals surface area contributed by atoms with E-state index in [-0.39, 0.29) is 38.0 Å². The zero-order chi connectivity index (χ0) is 24.7. The lowest BCUT2D eigenvalue weighted by Crippen LogP contribution is -2.46. The van der Waals surface area contributed by atoms with Gasteiger partial charge in [-0.1, -0.05) is 62.4 Å². The second kappa shape index (κ2) is 11.3. The standard InChI is InChI=1S/C25H29N3O6/c1-15(2)21(11-24(31)32)28-23(30)13-26-22(29)12-27-25(33)34-14-20-18-9-5-3-7-16(18)17-8-4-6-10-19(17)20/h3-10,15,20-21H,11-14H2,1-2H3,(H,26,29)(H,27,33)(H,28,30)(H,31,32). The highest BCUT2D eigenvalue weighted by molar-refractivity contribution is 5.87. The molecule has 0 saturated heterocycles. The Bertz CT molecular complexity index is 1020. The molecule has 0 radical (unpaired) electrons. The molecule has 0 heterocycles. The number of carbonyl (C=O) groups excluding carboxylic acids is 3. The van der Waals surface area contributed by atoms with E-state index in [2.05, 4.69) is 16.0 Å². The molecule has 9 nitrogen and oxygen atoms in total. The van der Waals surface area contributed by atoms with E-state index in [0.29, 0.717) is 0 Å². The summed E-state index contributed by atoms with van der Waals surface area (Å²) in [5.74, 6) is -2.26. The molecule has 1 aliphatic rings. The van der Waals surface area contributed by atoms with Crippen molar-refractivity contribution in [2.45, 2.75) is 32.2 Å². The molecule has 180 valence electrons. The molecular formula is C25H29N3O6. The summed E-state index contributed by atoms with van der Waals surface area (Å²) in [6, 6.07) is 15.4. The Balaban J connectivity index is 1.42. The van der Waals surface area contributed by atoms with Crippen molar-refractivity contribution >= 4 is 23.9 Å². The number of aliphatic carboxylic acids is 1. The predicted octanol–water partition coefficient (Wildman–Crippen LogP) is 2.26. The normalized spacial score (nSPS) is 12.9. The Kier molecular flexibility index (Phi) is 8.24. The first-order valence-corrected chi connectivity index (χ1v) is 11.1. The quantitative estimate of drug-likeness (QED) is 0.424. The van der Waals surface area contributed by atoms with Gasteiger partial charge in [0, 0.05) is 12.0 Å². The van der Waals surface area contributed by atoms with E-state index in [1.165, 1.54) is 0 Å². The molecule has 1 atom stereocenters. The van der Waals surface area contributed by atoms with E-state index >= 15 is 0 Å². The van der Waals surface area contributed by atoms with E-state index in [4.69, 9.17) is 9.84 Å². The van der Waals surface area contributed by atoms with Crippen LogP contribution in [0.3, 0.4) is 0 Å². The molecule has 0 spiro atoms. The molecule has 0 fully saturated rings. The summed E-state index contributed by atoms with van der Waals surface area (Å²) >= 11 is 0. The first-order chi connectivity index (χ1) is 16.3. The number of rotatable bonds is 10. The summed E-state index contributed by atoms with van der Waals surface area (Å²) in [7, 11) is 0. The van der Waals surface area contributed by atoms with Crippen LogP contribution in [-0.4, -0.2) is 54.7 Å². The third-order valence-corrected chi connectivity index (χ3v) is 5.73. The highest BCUT2D eigenvalue weighted by Gasteiger charge is 2.29. The Morgan fingerprint density at radius 2 is 1.44 bits per heavy atom. The van der Waals surface area contributed by atoms with Gasteiger partial charge in [-0.05, 0) is 28.2 Å². The SMILES string of the molecule is CC(C)C(CC(=O)O)NC(=O)CNC(=O)CNC(=O)OCC1c2ccccc2-c2ccccc21. The van der Waals surface area contributed by atoms with Gasteiger partial charge in [0.15, 0.2) is 0 Å². The molecular weight excluding hydrogens is 438 g/mol. The van der Waals surface area contributed by atoms with Crippen molar-refractivity contribution in [3.05, 3.63) is 59.7 Å². The second-order valence-corrected chi connectivity index (χ2v) is 8.47. The largest absolute Gasteiger partial charge is 0.481 e. The number of nitrogens with one attached hydrogen (secondary N) is 3. The van der Waals surface area contributed by atoms with Crippen LogP contribution in [-0.2, 0) is 19.1 Å². The number of alkyl carbamates (subject to hydrolysis) is 1. The number of carboxylic acids is 1. The third kappa shape index (κ3) is 6.34. The van der Waals surface area contributed by atoms with Crippen LogP contribution < -0.4 is 16.0 Å². The number of benzene rings is 2. The number of carbonyl (C=O) groups is 4. The minimum Gasteiger partial charge on any atom is -0.481 e. The molecule has 2 aromatic carbocycles. The van der Waals surface area contributed by atoms with Crippen LogP contribution >= 0.6 is 0 Å². The molecule has 0 aliphatic heterocycles. The van der Waals surface area contributed by atoms with Crippen LogP contribution in [0, 0.1) is 5.92 Å². The molecule has 9 heteroatoms. The van der Waals surface area contributed by atoms with Crippen molar-refractivity contribution in [2.75, 3.05) is 19.7 Å². The Morgan fingerprint density at radius 3 is 2.00 bits per heavy atom. The number of fused-ring (bicyclic) bond motifs is 3. The lowest BCUT2D eigenvalue weighted by Gasteiger charge is -2.20. The number of hydrogen-bond donors (Lipinski definition) is 4. The van der Waals surface area contributed by atoms with Crippen molar-refractivity contribution < 1.29 is 29.0 Å². The molecule has 0 aromatic heterocycles. The maximum Gasteiger partial charge on any atom is 0.407 e. The average molecular weight is 468 g/mol. The summed E-state index contributed by atoms with van der Waals surface area (Å²) < 4.78 is 5.37. The van der Waals surface area contributed by atoms with Gasteiger partial charge in [-0.25, -0.2) is 4.79 Å². The highest BCUT2D eigenvalue weighted by atomic mass is 16.5. The van der Waals surface area contributed by atoms with Gasteiger partial charge in [0.25, 0.3) is 0 Å². The molecule has 2 aromatic rings. The second-order valence-electron chi connectivity index (χ2n) is 8.47. The van der Waals surface area contributed by atoms with Gasteiger partial charge in [-0.3, -0.25) is 14.4 Å². The van der Waals surface area contributed by atoms with E-state index in [1.807, 2.05) is 48.5 Å². The lowest BCUT2D eigenvalue weighted by molar-refractivity contribution is -0.138. The number of ether oxygens (including phenoxy) is 1. The third-order valence-electron chi connectivity index (χ3n) is 5.73. The van der Waals surface area contributed by atoms with Gasteiger partial charge >= 0.3 is 12.1 Å². The first-order valence-electron chi connectivity index (χ1n) is 11.1. The smallest absolute Gasteiger partial charge is 0.407 e. The first kappa shape index (κ1) is 24.8. The van der Waals surface area contributed by atoms with E-state index < -0.39 is 29.9 Å². The summed E-state index contributed by atoms with van der Waals surface area (Å²) in [4.78, 5) is 47.0. The highest BCUT2D eigenvalue weighted by Crippen LogP contribution is 2.44. The van der Waals surface area contributed by atoms with Gasteiger partial charge < -0.3 is 25.8 Å². The molecule has 1 aliphatic carbocycles. The summed E-state index contributed by atoms with van der Waals surface area (Å²) in [5.41, 5.74) is 4.41. The van der Waals surface area contributed by atoms with Gasteiger partial charge in [0.2, 0.25) is 11.8 Å². The van der Waals surface area contributed by atoms with E-state index in [1.54, 1.807) is 13.8 Å². The van der Waals surface area contributed by atoms with Crippen LogP contribution in [0.1, 0.15) is 37.3 Å². The Morgan fingerprint density at radius 1 is 0.882 bits per heavy atom. The zero-order valence-electron chi connectivity index (χ0n) is 19.2. The van der Waals surface area contributed by atoms with Crippen LogP contribution in [0.15, 0.2) is 48.5 Å². The van der Waals surface area contributed by atoms with E-state index in [0.717, 1.165) is 22.3 Å². The minimum atomic E-state index is -1.02. The Hall–Kier alpha value is -3.88. The summed E-state index contributed by atoms with van der Waals surface area (Å²) in [6.07, 6.45) is -0.941.